The van der Waals surface area contributed by atoms with Gasteiger partial charge in [-0.05, 0) is 45.9 Å². The Labute approximate surface area is 165 Å². The lowest BCUT2D eigenvalue weighted by atomic mass is 10.1. The Hall–Kier alpha value is -1.69. The van der Waals surface area contributed by atoms with Gasteiger partial charge in [-0.1, -0.05) is 11.6 Å². The Morgan fingerprint density at radius 2 is 2.04 bits per heavy atom. The summed E-state index contributed by atoms with van der Waals surface area (Å²) in [7, 11) is 2.49. The lowest BCUT2D eigenvalue weighted by Gasteiger charge is -2.18. The number of rotatable bonds is 4. The van der Waals surface area contributed by atoms with Crippen LogP contribution < -0.4 is 11.1 Å². The molecule has 0 spiro atoms. The number of alkyl halides is 3. The molecular weight excluding hydrogens is 423 g/mol. The Morgan fingerprint density at radius 1 is 1.33 bits per heavy atom. The molecule has 2 aliphatic rings. The van der Waals surface area contributed by atoms with Gasteiger partial charge in [0.15, 0.2) is 10.3 Å². The first-order valence-electron chi connectivity index (χ1n) is 7.62. The minimum atomic E-state index is -4.82. The third-order valence-corrected chi connectivity index (χ3v) is 6.02. The fraction of sp³-hybridized carbons (Fsp3) is 0.267. The van der Waals surface area contributed by atoms with Gasteiger partial charge in [-0.25, -0.2) is 0 Å². The molecule has 0 saturated carbocycles. The average Bonchev–Trinajstić information content (AvgIpc) is 3.21. The number of halogens is 4. The van der Waals surface area contributed by atoms with Crippen LogP contribution in [-0.4, -0.2) is 47.0 Å². The summed E-state index contributed by atoms with van der Waals surface area (Å²) < 4.78 is 40.7. The van der Waals surface area contributed by atoms with Crippen molar-refractivity contribution in [3.63, 3.8) is 0 Å². The molecule has 1 fully saturated rings. The number of nitrogens with one attached hydrogen (secondary N) is 1. The molecular formula is C15H13ClF3N5OS2. The molecule has 27 heavy (non-hydrogen) atoms. The average molecular weight is 436 g/mol. The van der Waals surface area contributed by atoms with E-state index in [4.69, 9.17) is 17.3 Å². The van der Waals surface area contributed by atoms with Crippen LogP contribution in [-0.2, 0) is 4.79 Å². The number of amides is 1. The number of hydrogen-bond acceptors (Lipinski definition) is 6. The Balaban J connectivity index is 1.93. The molecule has 3 rings (SSSR count). The van der Waals surface area contributed by atoms with Crippen molar-refractivity contribution in [1.82, 2.24) is 4.90 Å². The van der Waals surface area contributed by atoms with Crippen molar-refractivity contribution in [1.29, 1.82) is 0 Å². The number of carbonyl (C=O) groups excluding carboxylic acids is 1. The van der Waals surface area contributed by atoms with E-state index in [1.165, 1.54) is 45.9 Å². The minimum Gasteiger partial charge on any atom is -0.351 e. The van der Waals surface area contributed by atoms with Gasteiger partial charge in [-0.2, -0.15) is 18.2 Å². The van der Waals surface area contributed by atoms with Crippen molar-refractivity contribution >= 4 is 55.1 Å². The maximum Gasteiger partial charge on any atom is 0.431 e. The maximum atomic E-state index is 13.6. The fourth-order valence-electron chi connectivity index (χ4n) is 2.32. The summed E-state index contributed by atoms with van der Waals surface area (Å²) in [5, 5.41) is 3.60. The fourth-order valence-corrected chi connectivity index (χ4v) is 4.71. The third kappa shape index (κ3) is 4.60. The number of nitrogens with two attached hydrogens (primary N) is 1. The molecule has 1 aromatic rings. The van der Waals surface area contributed by atoms with E-state index in [0.717, 1.165) is 0 Å². The van der Waals surface area contributed by atoms with Crippen molar-refractivity contribution in [2.75, 3.05) is 25.0 Å². The second kappa shape index (κ2) is 8.13. The Kier molecular flexibility index (Phi) is 6.04. The number of amidine groups is 2. The van der Waals surface area contributed by atoms with Crippen molar-refractivity contribution in [3.8, 4) is 0 Å². The zero-order chi connectivity index (χ0) is 19.6. The monoisotopic (exact) mass is 435 g/mol. The quantitative estimate of drug-likeness (QED) is 0.556. The van der Waals surface area contributed by atoms with Crippen LogP contribution in [0.5, 0.6) is 0 Å². The number of nitrogens with zero attached hydrogens (tertiary/aromatic N) is 3. The molecule has 2 heterocycles. The number of benzene rings is 1. The van der Waals surface area contributed by atoms with Crippen molar-refractivity contribution in [2.45, 2.75) is 6.18 Å². The lowest BCUT2D eigenvalue weighted by Crippen LogP contribution is -2.29. The van der Waals surface area contributed by atoms with Crippen molar-refractivity contribution < 1.29 is 18.0 Å². The van der Waals surface area contributed by atoms with E-state index in [9.17, 15) is 18.0 Å². The SMILES string of the molecule is NC/C(C(=O)N=C1SSC2=NCCN21)=C(\Nc1ccc(Cl)cc1)C(F)(F)F. The van der Waals surface area contributed by atoms with Gasteiger partial charge in [-0.15, -0.1) is 0 Å². The molecule has 0 radical (unpaired) electrons. The standard InChI is InChI=1S/C15H13ClF3N5OS2/c16-8-1-3-9(4-2-8)22-11(15(17,18)19)10(7-20)12(25)23-14-24-6-5-21-13(24)26-27-14/h1-4,22H,5-7,20H2/b11-10+,23-14?. The number of allylic oxidation sites excluding steroid dienone is 1. The van der Waals surface area contributed by atoms with Crippen molar-refractivity contribution in [3.05, 3.63) is 40.6 Å². The van der Waals surface area contributed by atoms with Crippen LogP contribution in [0.15, 0.2) is 45.5 Å². The first-order chi connectivity index (χ1) is 12.8. The van der Waals surface area contributed by atoms with E-state index in [2.05, 4.69) is 15.3 Å². The normalized spacial score (nSPS) is 19.1. The van der Waals surface area contributed by atoms with Crippen LogP contribution in [0.3, 0.4) is 0 Å². The van der Waals surface area contributed by atoms with Crippen LogP contribution in [0.25, 0.3) is 0 Å². The lowest BCUT2D eigenvalue weighted by molar-refractivity contribution is -0.116. The smallest absolute Gasteiger partial charge is 0.351 e. The summed E-state index contributed by atoms with van der Waals surface area (Å²) in [6.45, 7) is 0.476. The molecule has 2 aliphatic heterocycles. The van der Waals surface area contributed by atoms with Crippen LogP contribution >= 0.6 is 33.2 Å². The first kappa shape index (κ1) is 20.1. The molecule has 1 aromatic carbocycles. The second-order valence-electron chi connectivity index (χ2n) is 5.37. The molecule has 1 saturated heterocycles. The molecule has 0 atom stereocenters. The Morgan fingerprint density at radius 3 is 2.67 bits per heavy atom. The van der Waals surface area contributed by atoms with Gasteiger partial charge < -0.3 is 11.1 Å². The number of carbonyl (C=O) groups is 1. The van der Waals surface area contributed by atoms with Crippen molar-refractivity contribution in [2.24, 2.45) is 15.7 Å². The van der Waals surface area contributed by atoms with E-state index in [-0.39, 0.29) is 5.69 Å². The van der Waals surface area contributed by atoms with Gasteiger partial charge in [0.1, 0.15) is 5.70 Å². The van der Waals surface area contributed by atoms with Gasteiger partial charge >= 0.3 is 6.18 Å². The van der Waals surface area contributed by atoms with Crippen LogP contribution in [0, 0.1) is 0 Å². The van der Waals surface area contributed by atoms with Crippen LogP contribution in [0.2, 0.25) is 5.02 Å². The Bertz CT molecular complexity index is 839. The van der Waals surface area contributed by atoms with E-state index in [1.54, 1.807) is 4.90 Å². The summed E-state index contributed by atoms with van der Waals surface area (Å²) in [5.41, 5.74) is 3.70. The van der Waals surface area contributed by atoms with E-state index in [1.807, 2.05) is 0 Å². The minimum absolute atomic E-state index is 0.123. The first-order valence-corrected chi connectivity index (χ1v) is 10.1. The molecule has 6 nitrogen and oxygen atoms in total. The van der Waals surface area contributed by atoms with Gasteiger partial charge in [0.05, 0.1) is 12.1 Å². The highest BCUT2D eigenvalue weighted by atomic mass is 35.5. The zero-order valence-electron chi connectivity index (χ0n) is 13.6. The van der Waals surface area contributed by atoms with Gasteiger partial charge in [0.2, 0.25) is 0 Å². The number of hydrogen-bond donors (Lipinski definition) is 2. The number of anilines is 1. The summed E-state index contributed by atoms with van der Waals surface area (Å²) in [5.74, 6) is -1.04. The number of aliphatic imine (C=N–C) groups is 2. The van der Waals surface area contributed by atoms with Gasteiger partial charge in [0.25, 0.3) is 5.91 Å². The molecule has 144 valence electrons. The molecule has 0 bridgehead atoms. The summed E-state index contributed by atoms with van der Waals surface area (Å²) >= 11 is 5.75. The molecule has 0 unspecified atom stereocenters. The summed E-state index contributed by atoms with van der Waals surface area (Å²) in [6.07, 6.45) is -4.82. The molecule has 3 N–H and O–H groups in total. The third-order valence-electron chi connectivity index (χ3n) is 3.58. The zero-order valence-corrected chi connectivity index (χ0v) is 16.0. The summed E-state index contributed by atoms with van der Waals surface area (Å²) in [6, 6.07) is 5.61. The maximum absolute atomic E-state index is 13.6. The van der Waals surface area contributed by atoms with Crippen LogP contribution in [0.1, 0.15) is 0 Å². The van der Waals surface area contributed by atoms with E-state index in [0.29, 0.717) is 28.4 Å². The summed E-state index contributed by atoms with van der Waals surface area (Å²) in [4.78, 5) is 22.2. The van der Waals surface area contributed by atoms with E-state index < -0.39 is 29.9 Å². The molecule has 12 heteroatoms. The topological polar surface area (TPSA) is 83.1 Å². The number of fused-ring (bicyclic) bond motifs is 1. The molecule has 0 aliphatic carbocycles. The van der Waals surface area contributed by atoms with Gasteiger partial charge in [0, 0.05) is 23.8 Å². The molecule has 0 aromatic heterocycles. The molecule has 1 amide bonds. The highest BCUT2D eigenvalue weighted by Crippen LogP contribution is 2.38. The highest BCUT2D eigenvalue weighted by molar-refractivity contribution is 8.88. The largest absolute Gasteiger partial charge is 0.431 e. The highest BCUT2D eigenvalue weighted by Gasteiger charge is 2.39. The predicted molar refractivity (Wildman–Crippen MR) is 104 cm³/mol. The predicted octanol–water partition coefficient (Wildman–Crippen LogP) is 3.48. The van der Waals surface area contributed by atoms with Gasteiger partial charge in [-0.3, -0.25) is 14.7 Å². The van der Waals surface area contributed by atoms with E-state index >= 15 is 0 Å². The second-order valence-corrected chi connectivity index (χ2v) is 7.87. The van der Waals surface area contributed by atoms with Crippen LogP contribution in [0.4, 0.5) is 18.9 Å².